The van der Waals surface area contributed by atoms with E-state index < -0.39 is 25.9 Å². The summed E-state index contributed by atoms with van der Waals surface area (Å²) < 4.78 is 67.1. The average Bonchev–Trinajstić information content (AvgIpc) is 3.04. The van der Waals surface area contributed by atoms with Crippen molar-refractivity contribution in [2.75, 3.05) is 30.3 Å². The minimum absolute atomic E-state index is 0.00711. The predicted molar refractivity (Wildman–Crippen MR) is 174 cm³/mol. The van der Waals surface area contributed by atoms with E-state index in [0.29, 0.717) is 22.6 Å². The standard InChI is InChI=1S/C28H29ClFN9O4S2/c1-17(19-5-10-22(11-6-19)44(40,41)31-3)36-38-26-16-27(35-28(34-26)33-25-14-9-21(29)15-24(25)30)39-37-18(2)20-7-12-23(13-8-20)45(42,43)32-4/h5-16,31-32H,1-4H3,(H3,33,34,35,38,39)/b36-17-,37-18-. The Morgan fingerprint density at radius 1 is 0.711 bits per heavy atom. The summed E-state index contributed by atoms with van der Waals surface area (Å²) in [6.07, 6.45) is 0. The van der Waals surface area contributed by atoms with Gasteiger partial charge in [-0.15, -0.1) is 0 Å². The molecular weight excluding hydrogens is 645 g/mol. The molecule has 1 heterocycles. The van der Waals surface area contributed by atoms with E-state index in [1.54, 1.807) is 38.1 Å². The molecule has 0 fully saturated rings. The maximum absolute atomic E-state index is 14.5. The van der Waals surface area contributed by atoms with E-state index >= 15 is 0 Å². The number of benzene rings is 3. The summed E-state index contributed by atoms with van der Waals surface area (Å²) in [6.45, 7) is 3.44. The number of rotatable bonds is 12. The molecule has 0 aliphatic carbocycles. The minimum Gasteiger partial charge on any atom is -0.322 e. The molecule has 3 aromatic carbocycles. The zero-order valence-corrected chi connectivity index (χ0v) is 26.8. The third-order valence-electron chi connectivity index (χ3n) is 6.28. The fourth-order valence-corrected chi connectivity index (χ4v) is 5.35. The highest BCUT2D eigenvalue weighted by molar-refractivity contribution is 7.89. The second-order valence-corrected chi connectivity index (χ2v) is 13.5. The number of hydrazone groups is 2. The second-order valence-electron chi connectivity index (χ2n) is 9.29. The van der Waals surface area contributed by atoms with Gasteiger partial charge in [-0.3, -0.25) is 10.9 Å². The molecule has 5 N–H and O–H groups in total. The Kier molecular flexibility index (Phi) is 10.5. The summed E-state index contributed by atoms with van der Waals surface area (Å²) in [5, 5.41) is 11.7. The first-order valence-corrected chi connectivity index (χ1v) is 16.5. The highest BCUT2D eigenvalue weighted by atomic mass is 35.5. The van der Waals surface area contributed by atoms with E-state index in [1.807, 2.05) is 0 Å². The molecule has 45 heavy (non-hydrogen) atoms. The Morgan fingerprint density at radius 2 is 1.16 bits per heavy atom. The molecule has 0 radical (unpaired) electrons. The van der Waals surface area contributed by atoms with Gasteiger partial charge in [-0.2, -0.15) is 20.2 Å². The van der Waals surface area contributed by atoms with E-state index in [2.05, 4.69) is 45.8 Å². The number of aromatic nitrogens is 2. The first kappa shape index (κ1) is 33.4. The molecule has 17 heteroatoms. The van der Waals surface area contributed by atoms with Gasteiger partial charge in [0.2, 0.25) is 26.0 Å². The molecule has 13 nitrogen and oxygen atoms in total. The van der Waals surface area contributed by atoms with Gasteiger partial charge in [-0.1, -0.05) is 35.9 Å². The van der Waals surface area contributed by atoms with Crippen molar-refractivity contribution in [1.29, 1.82) is 0 Å². The quantitative estimate of drug-likeness (QED) is 0.107. The van der Waals surface area contributed by atoms with E-state index in [0.717, 1.165) is 6.07 Å². The first-order chi connectivity index (χ1) is 21.3. The Morgan fingerprint density at radius 3 is 1.56 bits per heavy atom. The Labute approximate surface area is 265 Å². The number of hydrogen-bond acceptors (Lipinski definition) is 11. The van der Waals surface area contributed by atoms with Gasteiger partial charge in [-0.25, -0.2) is 30.7 Å². The topological polar surface area (TPSA) is 179 Å². The highest BCUT2D eigenvalue weighted by Crippen LogP contribution is 2.24. The Balaban J connectivity index is 1.61. The molecule has 0 saturated carbocycles. The predicted octanol–water partition coefficient (Wildman–Crippen LogP) is 4.50. The lowest BCUT2D eigenvalue weighted by Crippen LogP contribution is -2.18. The van der Waals surface area contributed by atoms with Gasteiger partial charge in [0.1, 0.15) is 5.82 Å². The lowest BCUT2D eigenvalue weighted by Gasteiger charge is -2.11. The summed E-state index contributed by atoms with van der Waals surface area (Å²) in [5.41, 5.74) is 8.10. The molecule has 0 aliphatic rings. The number of halogens is 2. The van der Waals surface area contributed by atoms with E-state index in [-0.39, 0.29) is 38.1 Å². The number of sulfonamides is 2. The molecule has 4 aromatic rings. The van der Waals surface area contributed by atoms with Crippen molar-refractivity contribution >= 4 is 66.3 Å². The minimum atomic E-state index is -3.58. The van der Waals surface area contributed by atoms with Gasteiger partial charge < -0.3 is 5.32 Å². The van der Waals surface area contributed by atoms with Crippen LogP contribution < -0.4 is 25.6 Å². The summed E-state index contributed by atoms with van der Waals surface area (Å²) >= 11 is 5.88. The van der Waals surface area contributed by atoms with Crippen LogP contribution in [-0.2, 0) is 20.0 Å². The molecule has 0 unspecified atom stereocenters. The summed E-state index contributed by atoms with van der Waals surface area (Å²) in [7, 11) is -4.50. The van der Waals surface area contributed by atoms with Crippen LogP contribution in [0.3, 0.4) is 0 Å². The van der Waals surface area contributed by atoms with Crippen molar-refractivity contribution in [3.63, 3.8) is 0 Å². The van der Waals surface area contributed by atoms with Gasteiger partial charge in [0.15, 0.2) is 11.6 Å². The zero-order valence-electron chi connectivity index (χ0n) is 24.4. The Hall–Kier alpha value is -4.48. The van der Waals surface area contributed by atoms with Crippen molar-refractivity contribution in [1.82, 2.24) is 19.4 Å². The zero-order chi connectivity index (χ0) is 32.8. The molecule has 0 spiro atoms. The van der Waals surface area contributed by atoms with Crippen LogP contribution in [0.4, 0.5) is 27.7 Å². The molecule has 0 atom stereocenters. The lowest BCUT2D eigenvalue weighted by atomic mass is 10.1. The number of hydrogen-bond donors (Lipinski definition) is 5. The molecule has 4 rings (SSSR count). The number of anilines is 4. The lowest BCUT2D eigenvalue weighted by molar-refractivity contribution is 0.586. The van der Waals surface area contributed by atoms with Crippen molar-refractivity contribution in [3.8, 4) is 0 Å². The fourth-order valence-electron chi connectivity index (χ4n) is 3.73. The van der Waals surface area contributed by atoms with E-state index in [4.69, 9.17) is 11.6 Å². The van der Waals surface area contributed by atoms with Crippen LogP contribution in [0.5, 0.6) is 0 Å². The van der Waals surface area contributed by atoms with E-state index in [1.165, 1.54) is 56.6 Å². The van der Waals surface area contributed by atoms with Crippen molar-refractivity contribution in [2.45, 2.75) is 23.6 Å². The smallest absolute Gasteiger partial charge is 0.240 e. The monoisotopic (exact) mass is 673 g/mol. The van der Waals surface area contributed by atoms with Crippen molar-refractivity contribution in [3.05, 3.63) is 94.8 Å². The number of nitrogens with zero attached hydrogens (tertiary/aromatic N) is 4. The molecule has 1 aromatic heterocycles. The maximum atomic E-state index is 14.5. The van der Waals surface area contributed by atoms with Gasteiger partial charge in [0.25, 0.3) is 0 Å². The Bertz CT molecular complexity index is 1860. The third kappa shape index (κ3) is 8.58. The van der Waals surface area contributed by atoms with Gasteiger partial charge in [-0.05, 0) is 81.5 Å². The van der Waals surface area contributed by atoms with Crippen LogP contribution in [0.25, 0.3) is 0 Å². The van der Waals surface area contributed by atoms with Gasteiger partial charge in [0.05, 0.1) is 26.9 Å². The van der Waals surface area contributed by atoms with Crippen LogP contribution in [0.15, 0.2) is 92.8 Å². The van der Waals surface area contributed by atoms with E-state index in [9.17, 15) is 21.2 Å². The van der Waals surface area contributed by atoms with Gasteiger partial charge >= 0.3 is 0 Å². The third-order valence-corrected chi connectivity index (χ3v) is 9.38. The number of nitrogens with one attached hydrogen (secondary N) is 5. The highest BCUT2D eigenvalue weighted by Gasteiger charge is 2.13. The first-order valence-electron chi connectivity index (χ1n) is 13.1. The van der Waals surface area contributed by atoms with Crippen molar-refractivity contribution < 1.29 is 21.2 Å². The van der Waals surface area contributed by atoms with Crippen LogP contribution in [0.2, 0.25) is 5.02 Å². The molecule has 0 aliphatic heterocycles. The SMILES string of the molecule is CNS(=O)(=O)c1ccc(/C(C)=N\Nc2cc(N/N=C(/C)c3ccc(S(=O)(=O)NC)cc3)nc(Nc3ccc(Cl)cc3F)n2)cc1. The van der Waals surface area contributed by atoms with Crippen LogP contribution >= 0.6 is 11.6 Å². The average molecular weight is 674 g/mol. The molecular formula is C28H29ClFN9O4S2. The van der Waals surface area contributed by atoms with Crippen LogP contribution in [0, 0.1) is 5.82 Å². The molecule has 0 bridgehead atoms. The molecule has 0 amide bonds. The van der Waals surface area contributed by atoms with Gasteiger partial charge in [0, 0.05) is 11.1 Å². The molecule has 0 saturated heterocycles. The normalized spacial score (nSPS) is 12.6. The van der Waals surface area contributed by atoms with Crippen LogP contribution in [0.1, 0.15) is 25.0 Å². The summed E-state index contributed by atoms with van der Waals surface area (Å²) in [6, 6.07) is 17.9. The van der Waals surface area contributed by atoms with Crippen molar-refractivity contribution in [2.24, 2.45) is 10.2 Å². The summed E-state index contributed by atoms with van der Waals surface area (Å²) in [4.78, 5) is 8.95. The molecule has 236 valence electrons. The largest absolute Gasteiger partial charge is 0.322 e. The second kappa shape index (κ2) is 14.1. The fraction of sp³-hybridized carbons (Fsp3) is 0.143. The van der Waals surface area contributed by atoms with Crippen LogP contribution in [-0.4, -0.2) is 52.3 Å². The maximum Gasteiger partial charge on any atom is 0.240 e. The summed E-state index contributed by atoms with van der Waals surface area (Å²) in [5.74, 6) is -0.179.